The van der Waals surface area contributed by atoms with Crippen LogP contribution in [0.3, 0.4) is 0 Å². The van der Waals surface area contributed by atoms with E-state index in [9.17, 15) is 8.78 Å². The highest BCUT2D eigenvalue weighted by Crippen LogP contribution is 2.45. The first-order valence-corrected chi connectivity index (χ1v) is 10.2. The number of nitrogens with one attached hydrogen (secondary N) is 1. The zero-order valence-electron chi connectivity index (χ0n) is 17.0. The number of aryl methyl sites for hydroxylation is 1. The van der Waals surface area contributed by atoms with Crippen molar-refractivity contribution in [1.82, 2.24) is 19.3 Å². The lowest BCUT2D eigenvalue weighted by Gasteiger charge is -2.34. The summed E-state index contributed by atoms with van der Waals surface area (Å²) in [7, 11) is 0. The van der Waals surface area contributed by atoms with Gasteiger partial charge in [-0.1, -0.05) is 23.7 Å². The summed E-state index contributed by atoms with van der Waals surface area (Å²) in [5.74, 6) is 0.619. The van der Waals surface area contributed by atoms with Gasteiger partial charge in [-0.2, -0.15) is 0 Å². The van der Waals surface area contributed by atoms with Crippen LogP contribution < -0.4 is 5.32 Å². The minimum absolute atomic E-state index is 0.210. The Labute approximate surface area is 181 Å². The Balaban J connectivity index is 1.78. The van der Waals surface area contributed by atoms with Gasteiger partial charge in [0.25, 0.3) is 6.43 Å². The Kier molecular flexibility index (Phi) is 4.34. The van der Waals surface area contributed by atoms with Crippen molar-refractivity contribution in [3.8, 4) is 16.8 Å². The van der Waals surface area contributed by atoms with Crippen LogP contribution in [-0.4, -0.2) is 25.8 Å². The molecule has 0 bridgehead atoms. The van der Waals surface area contributed by atoms with Crippen LogP contribution in [0.4, 0.5) is 18.9 Å². The SMILES string of the molecule is Cc1nnc2n1-c1c(cc(Cl)c(-c3cccc4c3ccn4CC(F)F)c1F)NC2(C)C. The fourth-order valence-corrected chi connectivity index (χ4v) is 4.64. The molecule has 2 aromatic heterocycles. The molecule has 5 rings (SSSR count). The maximum atomic E-state index is 16.1. The van der Waals surface area contributed by atoms with E-state index in [2.05, 4.69) is 15.5 Å². The number of fused-ring (bicyclic) bond motifs is 4. The van der Waals surface area contributed by atoms with Crippen LogP contribution in [-0.2, 0) is 12.1 Å². The van der Waals surface area contributed by atoms with Crippen LogP contribution in [0.25, 0.3) is 27.7 Å². The lowest BCUT2D eigenvalue weighted by molar-refractivity contribution is 0.128. The summed E-state index contributed by atoms with van der Waals surface area (Å²) in [4.78, 5) is 0. The number of alkyl halides is 2. The van der Waals surface area contributed by atoms with Crippen molar-refractivity contribution in [3.63, 3.8) is 0 Å². The molecule has 2 aromatic carbocycles. The third kappa shape index (κ3) is 2.92. The van der Waals surface area contributed by atoms with Crippen molar-refractivity contribution in [3.05, 3.63) is 59.0 Å². The Hall–Kier alpha value is -3.00. The third-order valence-electron chi connectivity index (χ3n) is 5.66. The Morgan fingerprint density at radius 1 is 1.19 bits per heavy atom. The van der Waals surface area contributed by atoms with Crippen LogP contribution in [0.1, 0.15) is 25.5 Å². The van der Waals surface area contributed by atoms with E-state index in [1.165, 1.54) is 4.57 Å². The summed E-state index contributed by atoms with van der Waals surface area (Å²) in [5, 5.41) is 12.5. The van der Waals surface area contributed by atoms with E-state index in [-0.39, 0.29) is 10.6 Å². The number of hydrogen-bond acceptors (Lipinski definition) is 3. The van der Waals surface area contributed by atoms with Gasteiger partial charge in [0.15, 0.2) is 11.6 Å². The predicted molar refractivity (Wildman–Crippen MR) is 115 cm³/mol. The zero-order chi connectivity index (χ0) is 22.1. The molecule has 1 N–H and O–H groups in total. The maximum absolute atomic E-state index is 16.1. The molecular formula is C22H19ClF3N5. The first-order chi connectivity index (χ1) is 14.7. The molecule has 1 aliphatic rings. The van der Waals surface area contributed by atoms with Crippen molar-refractivity contribution >= 4 is 28.2 Å². The summed E-state index contributed by atoms with van der Waals surface area (Å²) in [6.07, 6.45) is -0.913. The summed E-state index contributed by atoms with van der Waals surface area (Å²) >= 11 is 6.58. The molecule has 0 saturated heterocycles. The van der Waals surface area contributed by atoms with E-state index in [1.807, 2.05) is 13.8 Å². The molecule has 9 heteroatoms. The van der Waals surface area contributed by atoms with Crippen molar-refractivity contribution in [1.29, 1.82) is 0 Å². The maximum Gasteiger partial charge on any atom is 0.256 e. The molecule has 0 aliphatic carbocycles. The van der Waals surface area contributed by atoms with Crippen molar-refractivity contribution in [2.24, 2.45) is 0 Å². The average Bonchev–Trinajstić information content (AvgIpc) is 3.26. The normalized spacial score (nSPS) is 14.6. The van der Waals surface area contributed by atoms with E-state index < -0.39 is 24.3 Å². The molecule has 0 fully saturated rings. The van der Waals surface area contributed by atoms with Gasteiger partial charge in [0.05, 0.1) is 22.8 Å². The number of nitrogens with zero attached hydrogens (tertiary/aromatic N) is 4. The fourth-order valence-electron chi connectivity index (χ4n) is 4.35. The van der Waals surface area contributed by atoms with Crippen LogP contribution in [0, 0.1) is 12.7 Å². The molecule has 4 aromatic rings. The van der Waals surface area contributed by atoms with Gasteiger partial charge in [-0.05, 0) is 44.5 Å². The predicted octanol–water partition coefficient (Wildman–Crippen LogP) is 5.92. The minimum Gasteiger partial charge on any atom is -0.371 e. The lowest BCUT2D eigenvalue weighted by atomic mass is 9.95. The van der Waals surface area contributed by atoms with E-state index in [0.717, 1.165) is 0 Å². The molecular weight excluding hydrogens is 427 g/mol. The summed E-state index contributed by atoms with van der Waals surface area (Å²) < 4.78 is 45.2. The smallest absolute Gasteiger partial charge is 0.256 e. The van der Waals surface area contributed by atoms with Gasteiger partial charge < -0.3 is 9.88 Å². The summed E-state index contributed by atoms with van der Waals surface area (Å²) in [6, 6.07) is 8.59. The fraction of sp³-hybridized carbons (Fsp3) is 0.273. The molecule has 0 atom stereocenters. The van der Waals surface area contributed by atoms with Crippen molar-refractivity contribution < 1.29 is 13.2 Å². The van der Waals surface area contributed by atoms with Gasteiger partial charge in [-0.15, -0.1) is 10.2 Å². The Bertz CT molecular complexity index is 1340. The molecule has 5 nitrogen and oxygen atoms in total. The molecule has 0 spiro atoms. The molecule has 0 radical (unpaired) electrons. The van der Waals surface area contributed by atoms with E-state index >= 15 is 4.39 Å². The molecule has 0 amide bonds. The van der Waals surface area contributed by atoms with Crippen LogP contribution >= 0.6 is 11.6 Å². The topological polar surface area (TPSA) is 47.7 Å². The van der Waals surface area contributed by atoms with Crippen LogP contribution in [0.2, 0.25) is 5.02 Å². The number of anilines is 1. The summed E-state index contributed by atoms with van der Waals surface area (Å²) in [5.41, 5.74) is 1.59. The molecule has 160 valence electrons. The van der Waals surface area contributed by atoms with Crippen molar-refractivity contribution in [2.45, 2.75) is 39.3 Å². The van der Waals surface area contributed by atoms with E-state index in [1.54, 1.807) is 48.0 Å². The number of aromatic nitrogens is 4. The highest BCUT2D eigenvalue weighted by Gasteiger charge is 2.37. The number of hydrogen-bond donors (Lipinski definition) is 1. The second-order valence-electron chi connectivity index (χ2n) is 8.20. The third-order valence-corrected chi connectivity index (χ3v) is 5.96. The monoisotopic (exact) mass is 445 g/mol. The van der Waals surface area contributed by atoms with Gasteiger partial charge in [0, 0.05) is 22.7 Å². The molecule has 1 aliphatic heterocycles. The van der Waals surface area contributed by atoms with Crippen LogP contribution in [0.5, 0.6) is 0 Å². The number of benzene rings is 2. The van der Waals surface area contributed by atoms with Gasteiger partial charge >= 0.3 is 0 Å². The lowest BCUT2D eigenvalue weighted by Crippen LogP contribution is -2.36. The Morgan fingerprint density at radius 3 is 2.71 bits per heavy atom. The molecule has 31 heavy (non-hydrogen) atoms. The Morgan fingerprint density at radius 2 is 1.97 bits per heavy atom. The quantitative estimate of drug-likeness (QED) is 0.426. The summed E-state index contributed by atoms with van der Waals surface area (Å²) in [6.45, 7) is 5.19. The average molecular weight is 446 g/mol. The zero-order valence-corrected chi connectivity index (χ0v) is 17.8. The van der Waals surface area contributed by atoms with Gasteiger partial charge in [0.2, 0.25) is 0 Å². The minimum atomic E-state index is -2.49. The molecule has 0 unspecified atom stereocenters. The van der Waals surface area contributed by atoms with Gasteiger partial charge in [-0.3, -0.25) is 4.57 Å². The second-order valence-corrected chi connectivity index (χ2v) is 8.60. The first-order valence-electron chi connectivity index (χ1n) is 9.78. The number of halogens is 4. The molecule has 3 heterocycles. The van der Waals surface area contributed by atoms with Crippen LogP contribution in [0.15, 0.2) is 36.5 Å². The number of rotatable bonds is 3. The highest BCUT2D eigenvalue weighted by atomic mass is 35.5. The standard InChI is InChI=1S/C22H19ClF3N5/c1-11-28-29-21-22(2,3)27-15-9-14(23)18(19(26)20(15)31(11)21)13-5-4-6-16-12(13)7-8-30(16)10-17(24)25/h4-9,17,27H,10H2,1-3H3. The largest absolute Gasteiger partial charge is 0.371 e. The first kappa shape index (κ1) is 19.9. The van der Waals surface area contributed by atoms with Gasteiger partial charge in [-0.25, -0.2) is 13.2 Å². The van der Waals surface area contributed by atoms with Gasteiger partial charge in [0.1, 0.15) is 11.5 Å². The van der Waals surface area contributed by atoms with E-state index in [4.69, 9.17) is 11.6 Å². The second kappa shape index (κ2) is 6.75. The molecule has 0 saturated carbocycles. The van der Waals surface area contributed by atoms with E-state index in [0.29, 0.717) is 39.5 Å². The van der Waals surface area contributed by atoms with Crippen molar-refractivity contribution in [2.75, 3.05) is 5.32 Å². The highest BCUT2D eigenvalue weighted by molar-refractivity contribution is 6.34.